The molecule has 35 heavy (non-hydrogen) atoms. The van der Waals surface area contributed by atoms with Crippen molar-refractivity contribution in [3.05, 3.63) is 59.7 Å². The zero-order chi connectivity index (χ0) is 26.4. The zero-order valence-corrected chi connectivity index (χ0v) is 23.6. The maximum atomic E-state index is 13.4. The lowest BCUT2D eigenvalue weighted by atomic mass is 10.1. The minimum atomic E-state index is -2.36. The lowest BCUT2D eigenvalue weighted by molar-refractivity contribution is -0.144. The van der Waals surface area contributed by atoms with Gasteiger partial charge in [0.1, 0.15) is 18.0 Å². The number of carbonyl (C=O) groups excluding carboxylic acids is 2. The first kappa shape index (κ1) is 28.5. The molecular formula is C27H41NO6Si. The number of rotatable bonds is 8. The summed E-state index contributed by atoms with van der Waals surface area (Å²) < 4.78 is 23.6. The second kappa shape index (κ2) is 11.3. The highest BCUT2D eigenvalue weighted by atomic mass is 28.4. The molecule has 1 amide bonds. The highest BCUT2D eigenvalue weighted by Gasteiger charge is 2.43. The van der Waals surface area contributed by atoms with Gasteiger partial charge in [-0.1, -0.05) is 51.1 Å². The van der Waals surface area contributed by atoms with E-state index in [0.29, 0.717) is 18.2 Å². The minimum Gasteiger partial charge on any atom is -0.532 e. The Morgan fingerprint density at radius 1 is 1.03 bits per heavy atom. The van der Waals surface area contributed by atoms with E-state index >= 15 is 0 Å². The molecule has 1 heterocycles. The molecule has 2 rings (SSSR count). The molecule has 1 aliphatic heterocycles. The maximum Gasteiger partial charge on any atom is 0.417 e. The first-order valence-corrected chi connectivity index (χ1v) is 15.0. The van der Waals surface area contributed by atoms with Crippen LogP contribution in [-0.2, 0) is 30.0 Å². The van der Waals surface area contributed by atoms with Crippen molar-refractivity contribution in [1.82, 2.24) is 4.90 Å². The number of hydrogen-bond donors (Lipinski definition) is 0. The minimum absolute atomic E-state index is 0.0521. The average molecular weight is 504 g/mol. The van der Waals surface area contributed by atoms with Gasteiger partial charge in [-0.15, -0.1) is 0 Å². The normalized spacial score (nSPS) is 16.7. The summed E-state index contributed by atoms with van der Waals surface area (Å²) >= 11 is 0. The van der Waals surface area contributed by atoms with Gasteiger partial charge in [0.05, 0.1) is 19.1 Å². The van der Waals surface area contributed by atoms with Crippen LogP contribution in [-0.4, -0.2) is 43.5 Å². The first-order valence-electron chi connectivity index (χ1n) is 12.1. The fourth-order valence-corrected chi connectivity index (χ4v) is 4.05. The van der Waals surface area contributed by atoms with E-state index in [2.05, 4.69) is 33.9 Å². The molecule has 0 N–H and O–H groups in total. The highest BCUT2D eigenvalue weighted by Crippen LogP contribution is 2.40. The molecule has 0 aromatic heterocycles. The molecule has 1 aromatic rings. The number of hydrogen-bond acceptors (Lipinski definition) is 6. The van der Waals surface area contributed by atoms with Crippen molar-refractivity contribution in [1.29, 1.82) is 0 Å². The Morgan fingerprint density at radius 2 is 1.66 bits per heavy atom. The molecule has 0 saturated heterocycles. The molecule has 1 atom stereocenters. The Hall–Kier alpha value is -2.74. The molecule has 1 aliphatic rings. The van der Waals surface area contributed by atoms with Gasteiger partial charge in [0, 0.05) is 6.08 Å². The second-order valence-electron chi connectivity index (χ2n) is 11.1. The van der Waals surface area contributed by atoms with Gasteiger partial charge < -0.3 is 18.6 Å². The summed E-state index contributed by atoms with van der Waals surface area (Å²) in [6.07, 6.45) is 2.83. The highest BCUT2D eigenvalue weighted by molar-refractivity contribution is 6.74. The molecule has 0 spiro atoms. The molecule has 194 valence electrons. The van der Waals surface area contributed by atoms with E-state index in [1.807, 2.05) is 30.3 Å². The Labute approximate surface area is 211 Å². The SMILES string of the molecule is CCOC(=O)CC1C=C(OCc2ccccc2)C=C(O[Si](C)(C)C(C)(C)C)N1C(=O)OC(C)(C)C. The number of allylic oxidation sites excluding steroid dienone is 1. The maximum absolute atomic E-state index is 13.4. The first-order chi connectivity index (χ1) is 16.1. The van der Waals surface area contributed by atoms with Crippen molar-refractivity contribution >= 4 is 20.4 Å². The van der Waals surface area contributed by atoms with E-state index in [1.165, 1.54) is 4.90 Å². The van der Waals surface area contributed by atoms with Gasteiger partial charge in [0.2, 0.25) is 0 Å². The van der Waals surface area contributed by atoms with Crippen molar-refractivity contribution in [3.63, 3.8) is 0 Å². The molecule has 1 aromatic carbocycles. The number of amides is 1. The molecule has 0 bridgehead atoms. The van der Waals surface area contributed by atoms with Crippen LogP contribution in [0.1, 0.15) is 60.5 Å². The summed E-state index contributed by atoms with van der Waals surface area (Å²) in [7, 11) is -2.36. The van der Waals surface area contributed by atoms with E-state index < -0.39 is 32.0 Å². The number of carbonyl (C=O) groups is 2. The third-order valence-corrected chi connectivity index (χ3v) is 10.2. The van der Waals surface area contributed by atoms with Crippen LogP contribution < -0.4 is 0 Å². The van der Waals surface area contributed by atoms with Gasteiger partial charge >= 0.3 is 12.1 Å². The van der Waals surface area contributed by atoms with Crippen molar-refractivity contribution in [2.75, 3.05) is 6.61 Å². The lowest BCUT2D eigenvalue weighted by Gasteiger charge is -2.42. The number of ether oxygens (including phenoxy) is 3. The smallest absolute Gasteiger partial charge is 0.417 e. The van der Waals surface area contributed by atoms with Crippen LogP contribution in [0.5, 0.6) is 0 Å². The summed E-state index contributed by atoms with van der Waals surface area (Å²) in [4.78, 5) is 27.3. The number of benzene rings is 1. The molecule has 0 fully saturated rings. The van der Waals surface area contributed by atoms with Gasteiger partial charge in [-0.05, 0) is 57.5 Å². The Balaban J connectivity index is 2.48. The predicted octanol–water partition coefficient (Wildman–Crippen LogP) is 6.52. The van der Waals surface area contributed by atoms with Crippen LogP contribution in [0.2, 0.25) is 18.1 Å². The largest absolute Gasteiger partial charge is 0.532 e. The van der Waals surface area contributed by atoms with E-state index in [4.69, 9.17) is 18.6 Å². The monoisotopic (exact) mass is 503 g/mol. The zero-order valence-electron chi connectivity index (χ0n) is 22.6. The summed E-state index contributed by atoms with van der Waals surface area (Å²) in [6.45, 7) is 18.3. The van der Waals surface area contributed by atoms with Crippen LogP contribution >= 0.6 is 0 Å². The summed E-state index contributed by atoms with van der Waals surface area (Å²) in [5.74, 6) is 0.431. The quantitative estimate of drug-likeness (QED) is 0.297. The average Bonchev–Trinajstić information content (AvgIpc) is 2.70. The molecule has 0 saturated carbocycles. The Kier molecular flexibility index (Phi) is 9.22. The van der Waals surface area contributed by atoms with E-state index in [1.54, 1.807) is 39.8 Å². The van der Waals surface area contributed by atoms with Gasteiger partial charge in [-0.3, -0.25) is 4.79 Å². The van der Waals surface area contributed by atoms with Crippen molar-refractivity contribution in [2.24, 2.45) is 0 Å². The Morgan fingerprint density at radius 3 is 2.20 bits per heavy atom. The Bertz CT molecular complexity index is 941. The fraction of sp³-hybridized carbons (Fsp3) is 0.556. The van der Waals surface area contributed by atoms with Crippen molar-refractivity contribution < 1.29 is 28.2 Å². The van der Waals surface area contributed by atoms with Crippen LogP contribution in [0, 0.1) is 0 Å². The van der Waals surface area contributed by atoms with Crippen LogP contribution in [0.4, 0.5) is 4.79 Å². The van der Waals surface area contributed by atoms with Gasteiger partial charge in [0.15, 0.2) is 5.88 Å². The summed E-state index contributed by atoms with van der Waals surface area (Å²) in [5.41, 5.74) is 0.284. The standard InChI is InChI=1S/C27H41NO6Si/c1-10-31-24(29)17-21-16-22(32-19-20-14-12-11-13-15-20)18-23(34-35(8,9)27(5,6)7)28(21)25(30)33-26(2,3)4/h11-16,18,21H,10,17,19H2,1-9H3. The fourth-order valence-electron chi connectivity index (χ4n) is 3.07. The second-order valence-corrected chi connectivity index (χ2v) is 15.8. The third kappa shape index (κ3) is 8.45. The summed E-state index contributed by atoms with van der Waals surface area (Å²) in [6, 6.07) is 9.11. The summed E-state index contributed by atoms with van der Waals surface area (Å²) in [5, 5.41) is -0.115. The van der Waals surface area contributed by atoms with Crippen LogP contribution in [0.15, 0.2) is 54.1 Å². The number of nitrogens with zero attached hydrogens (tertiary/aromatic N) is 1. The van der Waals surface area contributed by atoms with E-state index in [0.717, 1.165) is 5.56 Å². The van der Waals surface area contributed by atoms with Crippen molar-refractivity contribution in [3.8, 4) is 0 Å². The topological polar surface area (TPSA) is 74.3 Å². The van der Waals surface area contributed by atoms with Gasteiger partial charge in [-0.25, -0.2) is 9.69 Å². The molecular weight excluding hydrogens is 462 g/mol. The molecule has 0 radical (unpaired) electrons. The van der Waals surface area contributed by atoms with E-state index in [-0.39, 0.29) is 18.1 Å². The van der Waals surface area contributed by atoms with Gasteiger partial charge in [-0.2, -0.15) is 0 Å². The van der Waals surface area contributed by atoms with Crippen LogP contribution in [0.3, 0.4) is 0 Å². The van der Waals surface area contributed by atoms with Crippen LogP contribution in [0.25, 0.3) is 0 Å². The molecule has 0 aliphatic carbocycles. The van der Waals surface area contributed by atoms with E-state index in [9.17, 15) is 9.59 Å². The predicted molar refractivity (Wildman–Crippen MR) is 139 cm³/mol. The molecule has 8 heteroatoms. The molecule has 7 nitrogen and oxygen atoms in total. The third-order valence-electron chi connectivity index (χ3n) is 5.88. The lowest BCUT2D eigenvalue weighted by Crippen LogP contribution is -2.49. The van der Waals surface area contributed by atoms with Gasteiger partial charge in [0.25, 0.3) is 8.32 Å². The van der Waals surface area contributed by atoms with Crippen molar-refractivity contribution in [2.45, 2.75) is 91.3 Å². The number of esters is 1. The molecule has 1 unspecified atom stereocenters.